The Kier molecular flexibility index (Phi) is 1.30. The molecule has 1 aromatic rings. The molecule has 0 saturated heterocycles. The molecule has 0 aliphatic heterocycles. The van der Waals surface area contributed by atoms with Crippen LogP contribution >= 0.6 is 11.3 Å². The Morgan fingerprint density at radius 1 is 1.55 bits per heavy atom. The van der Waals surface area contributed by atoms with E-state index >= 15 is 0 Å². The van der Waals surface area contributed by atoms with Crippen LogP contribution in [0.5, 0.6) is 0 Å². The second-order valence-corrected chi connectivity index (χ2v) is 3.86. The van der Waals surface area contributed by atoms with E-state index in [1.807, 2.05) is 0 Å². The third-order valence-electron chi connectivity index (χ3n) is 2.29. The zero-order valence-electron chi connectivity index (χ0n) is 6.42. The van der Waals surface area contributed by atoms with Crippen LogP contribution in [0.2, 0.25) is 0 Å². The molecule has 0 N–H and O–H groups in total. The summed E-state index contributed by atoms with van der Waals surface area (Å²) in [4.78, 5) is 3.69. The van der Waals surface area contributed by atoms with Crippen molar-refractivity contribution in [1.82, 2.24) is 0 Å². The van der Waals surface area contributed by atoms with Gasteiger partial charge in [-0.2, -0.15) is 11.3 Å². The van der Waals surface area contributed by atoms with Crippen molar-refractivity contribution in [2.24, 2.45) is 0 Å². The van der Waals surface area contributed by atoms with Crippen LogP contribution in [-0.2, 0) is 5.54 Å². The van der Waals surface area contributed by atoms with Crippen molar-refractivity contribution in [3.05, 3.63) is 33.3 Å². The van der Waals surface area contributed by atoms with Crippen LogP contribution in [0.3, 0.4) is 0 Å². The third-order valence-corrected chi connectivity index (χ3v) is 3.16. The normalized spacial score (nSPS) is 19.3. The molecule has 56 valence electrons. The van der Waals surface area contributed by atoms with Gasteiger partial charge in [-0.15, -0.1) is 0 Å². The Balaban J connectivity index is 2.45. The topological polar surface area (TPSA) is 4.36 Å². The van der Waals surface area contributed by atoms with Gasteiger partial charge in [-0.05, 0) is 17.9 Å². The molecule has 2 heteroatoms. The van der Waals surface area contributed by atoms with E-state index in [2.05, 4.69) is 22.5 Å². The summed E-state index contributed by atoms with van der Waals surface area (Å²) in [6, 6.07) is 0. The fraction of sp³-hybridized carbons (Fsp3) is 0.444. The van der Waals surface area contributed by atoms with Gasteiger partial charge in [-0.1, -0.05) is 0 Å². The molecule has 0 amide bonds. The first-order valence-electron chi connectivity index (χ1n) is 3.70. The Bertz CT molecular complexity index is 315. The van der Waals surface area contributed by atoms with E-state index < -0.39 is 0 Å². The van der Waals surface area contributed by atoms with Crippen LogP contribution in [-0.4, -0.2) is 0 Å². The SMILES string of the molecule is [C-]#[N+]C1(c2cscc2C)CC1. The van der Waals surface area contributed by atoms with E-state index in [0.29, 0.717) is 0 Å². The number of nitrogens with zero attached hydrogens (tertiary/aromatic N) is 1. The molecular formula is C9H9NS. The molecule has 0 bridgehead atoms. The van der Waals surface area contributed by atoms with E-state index in [-0.39, 0.29) is 5.54 Å². The molecule has 1 aromatic heterocycles. The summed E-state index contributed by atoms with van der Waals surface area (Å²) in [7, 11) is 0. The van der Waals surface area contributed by atoms with Crippen LogP contribution in [0.1, 0.15) is 24.0 Å². The number of hydrogen-bond acceptors (Lipinski definition) is 1. The lowest BCUT2D eigenvalue weighted by Gasteiger charge is -1.99. The first-order chi connectivity index (χ1) is 5.28. The molecule has 1 nitrogen and oxygen atoms in total. The van der Waals surface area contributed by atoms with E-state index in [4.69, 9.17) is 6.57 Å². The van der Waals surface area contributed by atoms with Gasteiger partial charge in [-0.3, -0.25) is 0 Å². The maximum Gasteiger partial charge on any atom is 0.259 e. The molecule has 0 spiro atoms. The van der Waals surface area contributed by atoms with E-state index in [1.165, 1.54) is 11.1 Å². The second kappa shape index (κ2) is 2.09. The summed E-state index contributed by atoms with van der Waals surface area (Å²) in [6.45, 7) is 9.16. The summed E-state index contributed by atoms with van der Waals surface area (Å²) in [5.74, 6) is 0. The molecule has 11 heavy (non-hydrogen) atoms. The van der Waals surface area contributed by atoms with E-state index in [1.54, 1.807) is 11.3 Å². The lowest BCUT2D eigenvalue weighted by atomic mass is 10.1. The van der Waals surface area contributed by atoms with Crippen molar-refractivity contribution < 1.29 is 0 Å². The van der Waals surface area contributed by atoms with Crippen LogP contribution in [0.4, 0.5) is 0 Å². The molecule has 1 saturated carbocycles. The Morgan fingerprint density at radius 2 is 2.27 bits per heavy atom. The Morgan fingerprint density at radius 3 is 2.64 bits per heavy atom. The highest BCUT2D eigenvalue weighted by atomic mass is 32.1. The molecule has 0 atom stereocenters. The van der Waals surface area contributed by atoms with E-state index in [0.717, 1.165) is 12.8 Å². The van der Waals surface area contributed by atoms with Crippen LogP contribution in [0.25, 0.3) is 4.85 Å². The molecule has 2 rings (SSSR count). The fourth-order valence-corrected chi connectivity index (χ4v) is 2.34. The van der Waals surface area contributed by atoms with Crippen molar-refractivity contribution in [3.63, 3.8) is 0 Å². The standard InChI is InChI=1S/C9H9NS/c1-7-5-11-6-8(7)9(10-2)3-4-9/h5-6H,3-4H2,1H3. The number of aryl methyl sites for hydroxylation is 1. The van der Waals surface area contributed by atoms with Gasteiger partial charge in [0, 0.05) is 18.2 Å². The van der Waals surface area contributed by atoms with Crippen LogP contribution < -0.4 is 0 Å². The fourth-order valence-electron chi connectivity index (χ4n) is 1.40. The molecule has 0 radical (unpaired) electrons. The van der Waals surface area contributed by atoms with Gasteiger partial charge in [0.2, 0.25) is 0 Å². The lowest BCUT2D eigenvalue weighted by Crippen LogP contribution is -1.98. The Hall–Kier alpha value is -0.810. The predicted octanol–water partition coefficient (Wildman–Crippen LogP) is 2.96. The molecule has 1 aliphatic rings. The Labute approximate surface area is 70.5 Å². The predicted molar refractivity (Wildman–Crippen MR) is 46.6 cm³/mol. The zero-order chi connectivity index (χ0) is 7.90. The second-order valence-electron chi connectivity index (χ2n) is 3.11. The van der Waals surface area contributed by atoms with Gasteiger partial charge >= 0.3 is 0 Å². The van der Waals surface area contributed by atoms with Crippen LogP contribution in [0.15, 0.2) is 10.8 Å². The third kappa shape index (κ3) is 0.883. The average molecular weight is 163 g/mol. The quantitative estimate of drug-likeness (QED) is 0.561. The molecule has 0 aromatic carbocycles. The van der Waals surface area contributed by atoms with Gasteiger partial charge in [0.1, 0.15) is 0 Å². The minimum absolute atomic E-state index is 0.0932. The van der Waals surface area contributed by atoms with Gasteiger partial charge < -0.3 is 4.85 Å². The molecule has 0 unspecified atom stereocenters. The van der Waals surface area contributed by atoms with Gasteiger partial charge in [0.05, 0.1) is 5.56 Å². The summed E-state index contributed by atoms with van der Waals surface area (Å²) in [5.41, 5.74) is 2.48. The smallest absolute Gasteiger partial charge is 0.259 e. The lowest BCUT2D eigenvalue weighted by molar-refractivity contribution is 0.880. The summed E-state index contributed by atoms with van der Waals surface area (Å²) >= 11 is 1.71. The van der Waals surface area contributed by atoms with Crippen molar-refractivity contribution in [1.29, 1.82) is 0 Å². The van der Waals surface area contributed by atoms with Crippen molar-refractivity contribution in [2.45, 2.75) is 25.3 Å². The number of rotatable bonds is 1. The van der Waals surface area contributed by atoms with Gasteiger partial charge in [0.15, 0.2) is 0 Å². The van der Waals surface area contributed by atoms with Gasteiger partial charge in [-0.25, -0.2) is 6.57 Å². The van der Waals surface area contributed by atoms with Gasteiger partial charge in [0.25, 0.3) is 5.54 Å². The largest absolute Gasteiger partial charge is 0.305 e. The molecule has 1 heterocycles. The van der Waals surface area contributed by atoms with Crippen molar-refractivity contribution in [3.8, 4) is 0 Å². The van der Waals surface area contributed by atoms with E-state index in [9.17, 15) is 0 Å². The molecule has 1 aliphatic carbocycles. The highest BCUT2D eigenvalue weighted by Gasteiger charge is 2.53. The summed E-state index contributed by atoms with van der Waals surface area (Å²) in [5, 5.41) is 4.25. The molecule has 1 fully saturated rings. The first kappa shape index (κ1) is 6.87. The van der Waals surface area contributed by atoms with Crippen molar-refractivity contribution in [2.75, 3.05) is 0 Å². The monoisotopic (exact) mass is 163 g/mol. The maximum atomic E-state index is 7.07. The minimum Gasteiger partial charge on any atom is -0.305 e. The number of thiophene rings is 1. The zero-order valence-corrected chi connectivity index (χ0v) is 7.24. The summed E-state index contributed by atoms with van der Waals surface area (Å²) < 4.78 is 0. The van der Waals surface area contributed by atoms with Crippen molar-refractivity contribution >= 4 is 11.3 Å². The highest BCUT2D eigenvalue weighted by molar-refractivity contribution is 7.08. The van der Waals surface area contributed by atoms with Crippen LogP contribution in [0, 0.1) is 13.5 Å². The first-order valence-corrected chi connectivity index (χ1v) is 4.65. The summed E-state index contributed by atoms with van der Waals surface area (Å²) in [6.07, 6.45) is 2.13. The highest BCUT2D eigenvalue weighted by Crippen LogP contribution is 2.51. The molecular weight excluding hydrogens is 154 g/mol. The number of hydrogen-bond donors (Lipinski definition) is 0. The minimum atomic E-state index is -0.0932. The maximum absolute atomic E-state index is 7.07. The average Bonchev–Trinajstić information content (AvgIpc) is 2.70.